The summed E-state index contributed by atoms with van der Waals surface area (Å²) in [6, 6.07) is 0. The van der Waals surface area contributed by atoms with Gasteiger partial charge in [0.05, 0.1) is 0 Å². The van der Waals surface area contributed by atoms with E-state index < -0.39 is 0 Å². The Kier molecular flexibility index (Phi) is 8.78. The van der Waals surface area contributed by atoms with E-state index in [1.165, 1.54) is 6.42 Å². The number of hydrogen-bond donors (Lipinski definition) is 1. The molecule has 76 valence electrons. The maximum atomic E-state index is 7.51. The van der Waals surface area contributed by atoms with E-state index in [2.05, 4.69) is 20.4 Å². The van der Waals surface area contributed by atoms with E-state index in [-0.39, 0.29) is 5.41 Å². The molecule has 0 fully saturated rings. The molecule has 0 heterocycles. The summed E-state index contributed by atoms with van der Waals surface area (Å²) in [5.74, 6) is 0. The van der Waals surface area contributed by atoms with E-state index in [0.717, 1.165) is 0 Å². The van der Waals surface area contributed by atoms with Crippen molar-refractivity contribution in [3.05, 3.63) is 24.8 Å². The summed E-state index contributed by atoms with van der Waals surface area (Å²) < 4.78 is 0. The topological polar surface area (TPSA) is 23.9 Å². The van der Waals surface area contributed by atoms with Gasteiger partial charge in [0.25, 0.3) is 0 Å². The van der Waals surface area contributed by atoms with Gasteiger partial charge in [-0.2, -0.15) is 0 Å². The van der Waals surface area contributed by atoms with Crippen molar-refractivity contribution in [1.29, 1.82) is 5.41 Å². The van der Waals surface area contributed by atoms with Crippen LogP contribution in [0.4, 0.5) is 0 Å². The monoisotopic (exact) mass is 181 g/mol. The smallest absolute Gasteiger partial charge is 0.0367 e. The van der Waals surface area contributed by atoms with Gasteiger partial charge in [0.1, 0.15) is 0 Å². The van der Waals surface area contributed by atoms with Crippen LogP contribution < -0.4 is 0 Å². The van der Waals surface area contributed by atoms with Crippen molar-refractivity contribution in [3.63, 3.8) is 0 Å². The largest absolute Gasteiger partial charge is 0.305 e. The fraction of sp³-hybridized carbons (Fsp3) is 0.583. The first-order valence-corrected chi connectivity index (χ1v) is 4.78. The van der Waals surface area contributed by atoms with Gasteiger partial charge in [-0.1, -0.05) is 59.8 Å². The Morgan fingerprint density at radius 2 is 1.69 bits per heavy atom. The molecule has 1 nitrogen and oxygen atoms in total. The molecule has 13 heavy (non-hydrogen) atoms. The summed E-state index contributed by atoms with van der Waals surface area (Å²) in [4.78, 5) is 0. The van der Waals surface area contributed by atoms with Crippen molar-refractivity contribution in [3.8, 4) is 0 Å². The van der Waals surface area contributed by atoms with Gasteiger partial charge in [0.15, 0.2) is 0 Å². The average Bonchev–Trinajstić information content (AvgIpc) is 1.99. The molecule has 0 atom stereocenters. The predicted octanol–water partition coefficient (Wildman–Crippen LogP) is 4.21. The van der Waals surface area contributed by atoms with Gasteiger partial charge >= 0.3 is 0 Å². The van der Waals surface area contributed by atoms with Crippen molar-refractivity contribution >= 4 is 5.71 Å². The van der Waals surface area contributed by atoms with Gasteiger partial charge in [-0.3, -0.25) is 0 Å². The first-order valence-electron chi connectivity index (χ1n) is 4.78. The highest BCUT2D eigenvalue weighted by Crippen LogP contribution is 2.15. The van der Waals surface area contributed by atoms with Gasteiger partial charge in [-0.05, 0) is 6.08 Å². The molecule has 0 saturated heterocycles. The Balaban J connectivity index is 0. The van der Waals surface area contributed by atoms with Gasteiger partial charge < -0.3 is 5.41 Å². The third-order valence-electron chi connectivity index (χ3n) is 1.21. The average molecular weight is 181 g/mol. The van der Waals surface area contributed by atoms with Gasteiger partial charge in [0.2, 0.25) is 0 Å². The molecule has 0 aromatic carbocycles. The lowest BCUT2D eigenvalue weighted by molar-refractivity contribution is 0.590. The highest BCUT2D eigenvalue weighted by Gasteiger charge is 2.13. The minimum absolute atomic E-state index is 0.0422. The van der Waals surface area contributed by atoms with Crippen LogP contribution in [-0.2, 0) is 0 Å². The van der Waals surface area contributed by atoms with Crippen LogP contribution in [0.3, 0.4) is 0 Å². The molecule has 0 aliphatic heterocycles. The second-order valence-corrected chi connectivity index (χ2v) is 3.97. The van der Waals surface area contributed by atoms with Crippen molar-refractivity contribution < 1.29 is 0 Å². The first kappa shape index (κ1) is 14.7. The van der Waals surface area contributed by atoms with Crippen molar-refractivity contribution in [2.45, 2.75) is 41.0 Å². The van der Waals surface area contributed by atoms with Crippen LogP contribution in [0.15, 0.2) is 24.8 Å². The van der Waals surface area contributed by atoms with Crippen LogP contribution in [-0.4, -0.2) is 5.71 Å². The minimum atomic E-state index is -0.0422. The molecule has 0 spiro atoms. The molecule has 0 aromatic heterocycles. The molecular formula is C12H23N. The fourth-order valence-corrected chi connectivity index (χ4v) is 0.414. The van der Waals surface area contributed by atoms with E-state index >= 15 is 0 Å². The van der Waals surface area contributed by atoms with Crippen LogP contribution in [0.5, 0.6) is 0 Å². The summed E-state index contributed by atoms with van der Waals surface area (Å²) in [5.41, 5.74) is 0.590. The molecule has 0 amide bonds. The molecule has 1 heteroatoms. The zero-order valence-corrected chi connectivity index (χ0v) is 9.65. The van der Waals surface area contributed by atoms with Crippen LogP contribution in [0.1, 0.15) is 41.0 Å². The summed E-state index contributed by atoms with van der Waals surface area (Å²) in [7, 11) is 0. The third-order valence-corrected chi connectivity index (χ3v) is 1.21. The SMILES string of the molecule is C=C/C=C\C(=N)C(C)(C)C.CCC. The lowest BCUT2D eigenvalue weighted by atomic mass is 9.90. The van der Waals surface area contributed by atoms with E-state index in [1.807, 2.05) is 20.8 Å². The fourth-order valence-electron chi connectivity index (χ4n) is 0.414. The molecule has 1 N–H and O–H groups in total. The maximum absolute atomic E-state index is 7.51. The van der Waals surface area contributed by atoms with E-state index in [1.54, 1.807) is 18.2 Å². The predicted molar refractivity (Wildman–Crippen MR) is 62.5 cm³/mol. The van der Waals surface area contributed by atoms with Crippen LogP contribution in [0.2, 0.25) is 0 Å². The highest BCUT2D eigenvalue weighted by atomic mass is 14.4. The molecule has 0 aromatic rings. The van der Waals surface area contributed by atoms with Gasteiger partial charge in [-0.25, -0.2) is 0 Å². The quantitative estimate of drug-likeness (QED) is 0.487. The lowest BCUT2D eigenvalue weighted by Gasteiger charge is -2.15. The van der Waals surface area contributed by atoms with E-state index in [9.17, 15) is 0 Å². The number of allylic oxidation sites excluding steroid dienone is 3. The number of hydrogen-bond acceptors (Lipinski definition) is 1. The highest BCUT2D eigenvalue weighted by molar-refractivity contribution is 5.96. The molecule has 0 radical (unpaired) electrons. The Bertz CT molecular complexity index is 170. The van der Waals surface area contributed by atoms with Crippen molar-refractivity contribution in [2.24, 2.45) is 5.41 Å². The molecular weight excluding hydrogens is 158 g/mol. The second-order valence-electron chi connectivity index (χ2n) is 3.97. The number of rotatable bonds is 2. The first-order chi connectivity index (χ1) is 5.90. The van der Waals surface area contributed by atoms with Gasteiger partial charge in [0, 0.05) is 11.1 Å². The van der Waals surface area contributed by atoms with Crippen LogP contribution in [0, 0.1) is 10.8 Å². The molecule has 0 bridgehead atoms. The summed E-state index contributed by atoms with van der Waals surface area (Å²) >= 11 is 0. The Labute approximate surface area is 83.1 Å². The zero-order valence-electron chi connectivity index (χ0n) is 9.65. The Morgan fingerprint density at radius 3 is 1.92 bits per heavy atom. The Hall–Kier alpha value is -0.850. The molecule has 0 aliphatic carbocycles. The van der Waals surface area contributed by atoms with E-state index in [0.29, 0.717) is 5.71 Å². The maximum Gasteiger partial charge on any atom is 0.0367 e. The second kappa shape index (κ2) is 7.78. The van der Waals surface area contributed by atoms with Crippen molar-refractivity contribution in [1.82, 2.24) is 0 Å². The van der Waals surface area contributed by atoms with Gasteiger partial charge in [-0.15, -0.1) is 0 Å². The minimum Gasteiger partial charge on any atom is -0.305 e. The van der Waals surface area contributed by atoms with Crippen molar-refractivity contribution in [2.75, 3.05) is 0 Å². The van der Waals surface area contributed by atoms with Crippen LogP contribution in [0.25, 0.3) is 0 Å². The van der Waals surface area contributed by atoms with Crippen LogP contribution >= 0.6 is 0 Å². The standard InChI is InChI=1S/C9H15N.C3H8/c1-5-6-7-8(10)9(2,3)4;1-3-2/h5-7,10H,1H2,2-4H3;3H2,1-2H3/b7-6-,10-8?;. The molecule has 0 rings (SSSR count). The molecule has 0 saturated carbocycles. The normalized spacial score (nSPS) is 10.5. The van der Waals surface area contributed by atoms with E-state index in [4.69, 9.17) is 5.41 Å². The Morgan fingerprint density at radius 1 is 1.31 bits per heavy atom. The third kappa shape index (κ3) is 11.1. The number of nitrogens with one attached hydrogen (secondary N) is 1. The molecule has 0 aliphatic rings. The molecule has 0 unspecified atom stereocenters. The summed E-state index contributed by atoms with van der Waals surface area (Å²) in [6.07, 6.45) is 6.49. The zero-order chi connectivity index (χ0) is 10.9. The summed E-state index contributed by atoms with van der Waals surface area (Å²) in [5, 5.41) is 7.51. The summed E-state index contributed by atoms with van der Waals surface area (Å²) in [6.45, 7) is 13.8. The lowest BCUT2D eigenvalue weighted by Crippen LogP contribution is -2.16.